The van der Waals surface area contributed by atoms with Crippen LogP contribution in [0.15, 0.2) is 35.3 Å². The van der Waals surface area contributed by atoms with E-state index in [1.165, 1.54) is 16.8 Å². The molecule has 0 aliphatic carbocycles. The van der Waals surface area contributed by atoms with E-state index >= 15 is 0 Å². The maximum absolute atomic E-state index is 12.3. The van der Waals surface area contributed by atoms with Crippen LogP contribution in [0, 0.1) is 0 Å². The van der Waals surface area contributed by atoms with Crippen LogP contribution in [0.4, 0.5) is 0 Å². The third-order valence-corrected chi connectivity index (χ3v) is 3.66. The van der Waals surface area contributed by atoms with Crippen molar-refractivity contribution in [1.29, 1.82) is 0 Å². The third-order valence-electron chi connectivity index (χ3n) is 3.66. The van der Waals surface area contributed by atoms with Gasteiger partial charge in [0.15, 0.2) is 17.1 Å². The fraction of sp³-hybridized carbons (Fsp3) is 0.188. The second-order valence-corrected chi connectivity index (χ2v) is 5.11. The number of hydrogen-bond acceptors (Lipinski definition) is 6. The summed E-state index contributed by atoms with van der Waals surface area (Å²) in [6.07, 6.45) is 1.41. The molecule has 3 aromatic rings. The average Bonchev–Trinajstić information content (AvgIpc) is 3.21. The van der Waals surface area contributed by atoms with E-state index in [9.17, 15) is 9.59 Å². The number of benzene rings is 1. The predicted molar refractivity (Wildman–Crippen MR) is 83.3 cm³/mol. The lowest BCUT2D eigenvalue weighted by Gasteiger charge is -2.04. The highest BCUT2D eigenvalue weighted by Crippen LogP contribution is 2.35. The molecule has 122 valence electrons. The van der Waals surface area contributed by atoms with Gasteiger partial charge in [-0.25, -0.2) is 14.3 Å². The normalized spacial score (nSPS) is 12.5. The molecule has 0 radical (unpaired) electrons. The van der Waals surface area contributed by atoms with E-state index in [-0.39, 0.29) is 30.2 Å². The van der Waals surface area contributed by atoms with Crippen LogP contribution in [-0.4, -0.2) is 34.0 Å². The van der Waals surface area contributed by atoms with E-state index in [4.69, 9.17) is 14.2 Å². The van der Waals surface area contributed by atoms with Gasteiger partial charge in [-0.3, -0.25) is 9.89 Å². The molecule has 1 aliphatic heterocycles. The minimum Gasteiger partial charge on any atom is -0.462 e. The molecular weight excluding hydrogens is 314 g/mol. The van der Waals surface area contributed by atoms with Gasteiger partial charge in [0.2, 0.25) is 6.79 Å². The van der Waals surface area contributed by atoms with Crippen molar-refractivity contribution >= 4 is 11.6 Å². The summed E-state index contributed by atoms with van der Waals surface area (Å²) in [5, 5.41) is 2.71. The average molecular weight is 327 g/mol. The molecule has 4 rings (SSSR count). The second-order valence-electron chi connectivity index (χ2n) is 5.11. The van der Waals surface area contributed by atoms with Crippen molar-refractivity contribution in [3.63, 3.8) is 0 Å². The number of ether oxygens (including phenoxy) is 3. The number of aromatic nitrogens is 3. The molecule has 0 bridgehead atoms. The molecule has 0 fully saturated rings. The summed E-state index contributed by atoms with van der Waals surface area (Å²) in [7, 11) is 0. The first-order chi connectivity index (χ1) is 11.7. The summed E-state index contributed by atoms with van der Waals surface area (Å²) in [5.74, 6) is 0.700. The van der Waals surface area contributed by atoms with Gasteiger partial charge in [0.05, 0.1) is 12.3 Å². The van der Waals surface area contributed by atoms with Crippen LogP contribution >= 0.6 is 0 Å². The Labute approximate surface area is 135 Å². The molecule has 1 aliphatic rings. The largest absolute Gasteiger partial charge is 0.462 e. The number of nitrogens with one attached hydrogen (secondary N) is 1. The Morgan fingerprint density at radius 3 is 3.00 bits per heavy atom. The summed E-state index contributed by atoms with van der Waals surface area (Å²) in [6, 6.07) is 6.67. The van der Waals surface area contributed by atoms with Gasteiger partial charge < -0.3 is 14.2 Å². The zero-order valence-corrected chi connectivity index (χ0v) is 12.7. The number of H-pyrrole nitrogens is 1. The Morgan fingerprint density at radius 1 is 1.33 bits per heavy atom. The smallest absolute Gasteiger partial charge is 0.343 e. The van der Waals surface area contributed by atoms with Gasteiger partial charge in [-0.2, -0.15) is 0 Å². The summed E-state index contributed by atoms with van der Waals surface area (Å²) in [6.45, 7) is 2.12. The summed E-state index contributed by atoms with van der Waals surface area (Å²) in [4.78, 5) is 28.7. The maximum Gasteiger partial charge on any atom is 0.343 e. The van der Waals surface area contributed by atoms with E-state index in [0.29, 0.717) is 22.8 Å². The van der Waals surface area contributed by atoms with Crippen LogP contribution in [0.1, 0.15) is 17.3 Å². The zero-order chi connectivity index (χ0) is 16.7. The molecule has 0 amide bonds. The number of carbonyl (C=O) groups excluding carboxylic acids is 1. The van der Waals surface area contributed by atoms with Gasteiger partial charge in [-0.1, -0.05) is 0 Å². The molecule has 24 heavy (non-hydrogen) atoms. The molecule has 0 saturated heterocycles. The van der Waals surface area contributed by atoms with Crippen molar-refractivity contribution in [2.75, 3.05) is 13.4 Å². The Hall–Kier alpha value is -3.29. The van der Waals surface area contributed by atoms with Crippen LogP contribution in [0.25, 0.3) is 16.9 Å². The molecule has 1 N–H and O–H groups in total. The number of aromatic amines is 1. The van der Waals surface area contributed by atoms with Crippen molar-refractivity contribution in [3.8, 4) is 22.8 Å². The number of hydrogen-bond donors (Lipinski definition) is 1. The molecule has 0 unspecified atom stereocenters. The van der Waals surface area contributed by atoms with E-state index < -0.39 is 5.97 Å². The van der Waals surface area contributed by atoms with Gasteiger partial charge in [0, 0.05) is 17.8 Å². The van der Waals surface area contributed by atoms with Crippen LogP contribution in [0.5, 0.6) is 11.5 Å². The minimum atomic E-state index is -0.536. The number of nitrogens with zero attached hydrogens (tertiary/aromatic N) is 2. The second kappa shape index (κ2) is 5.41. The van der Waals surface area contributed by atoms with Crippen LogP contribution in [-0.2, 0) is 4.74 Å². The Morgan fingerprint density at radius 2 is 2.17 bits per heavy atom. The highest BCUT2D eigenvalue weighted by molar-refractivity contribution is 5.95. The Bertz CT molecular complexity index is 1000. The minimum absolute atomic E-state index is 0.165. The van der Waals surface area contributed by atoms with E-state index in [1.807, 2.05) is 0 Å². The van der Waals surface area contributed by atoms with Crippen molar-refractivity contribution in [1.82, 2.24) is 14.6 Å². The molecule has 8 nitrogen and oxygen atoms in total. The Balaban J connectivity index is 1.86. The molecule has 2 aromatic heterocycles. The first-order valence-electron chi connectivity index (χ1n) is 7.35. The van der Waals surface area contributed by atoms with Gasteiger partial charge in [-0.15, -0.1) is 0 Å². The Kier molecular flexibility index (Phi) is 3.23. The summed E-state index contributed by atoms with van der Waals surface area (Å²) >= 11 is 0. The third kappa shape index (κ3) is 2.19. The topological polar surface area (TPSA) is 94.9 Å². The number of fused-ring (bicyclic) bond motifs is 2. The number of rotatable bonds is 3. The van der Waals surface area contributed by atoms with Crippen LogP contribution < -0.4 is 15.0 Å². The first-order valence-corrected chi connectivity index (χ1v) is 7.35. The molecule has 1 aromatic carbocycles. The van der Waals surface area contributed by atoms with Crippen molar-refractivity contribution in [2.24, 2.45) is 0 Å². The lowest BCUT2D eigenvalue weighted by atomic mass is 10.1. The van der Waals surface area contributed by atoms with E-state index in [0.717, 1.165) is 0 Å². The molecule has 0 atom stereocenters. The van der Waals surface area contributed by atoms with Crippen molar-refractivity contribution in [3.05, 3.63) is 46.4 Å². The highest BCUT2D eigenvalue weighted by Gasteiger charge is 2.18. The van der Waals surface area contributed by atoms with Gasteiger partial charge in [0.25, 0.3) is 5.56 Å². The summed E-state index contributed by atoms with van der Waals surface area (Å²) < 4.78 is 16.8. The summed E-state index contributed by atoms with van der Waals surface area (Å²) in [5.41, 5.74) is 1.21. The van der Waals surface area contributed by atoms with Gasteiger partial charge in [0.1, 0.15) is 5.56 Å². The van der Waals surface area contributed by atoms with Crippen LogP contribution in [0.2, 0.25) is 0 Å². The van der Waals surface area contributed by atoms with Gasteiger partial charge >= 0.3 is 5.97 Å². The monoisotopic (exact) mass is 327 g/mol. The zero-order valence-electron chi connectivity index (χ0n) is 12.7. The molecule has 0 saturated carbocycles. The van der Waals surface area contributed by atoms with Crippen LogP contribution in [0.3, 0.4) is 0 Å². The van der Waals surface area contributed by atoms with E-state index in [1.54, 1.807) is 25.1 Å². The first kappa shape index (κ1) is 14.3. The van der Waals surface area contributed by atoms with Crippen molar-refractivity contribution < 1.29 is 19.0 Å². The van der Waals surface area contributed by atoms with Crippen molar-refractivity contribution in [2.45, 2.75) is 6.92 Å². The molecule has 3 heterocycles. The number of carbonyl (C=O) groups is 1. The quantitative estimate of drug-likeness (QED) is 0.734. The fourth-order valence-electron chi connectivity index (χ4n) is 2.54. The maximum atomic E-state index is 12.3. The standard InChI is InChI=1S/C16H13N3O5/c1-2-22-16(21)10-7-17-19-14(20)6-11(18-15(10)19)9-3-4-12-13(5-9)24-8-23-12/h3-7,17H,2,8H2,1H3. The molecule has 0 spiro atoms. The van der Waals surface area contributed by atoms with E-state index in [2.05, 4.69) is 10.1 Å². The predicted octanol–water partition coefficient (Wildman–Crippen LogP) is 1.59. The highest BCUT2D eigenvalue weighted by atomic mass is 16.7. The van der Waals surface area contributed by atoms with Gasteiger partial charge in [-0.05, 0) is 25.1 Å². The lowest BCUT2D eigenvalue weighted by Crippen LogP contribution is -2.15. The molecular formula is C16H13N3O5. The lowest BCUT2D eigenvalue weighted by molar-refractivity contribution is 0.0528. The number of esters is 1. The SMILES string of the molecule is CCOC(=O)c1c[nH]n2c(=O)cc(-c3ccc4c(c3)OCO4)nc12. The fourth-order valence-corrected chi connectivity index (χ4v) is 2.54. The molecule has 8 heteroatoms.